The number of anilines is 1. The lowest BCUT2D eigenvalue weighted by Gasteiger charge is -2.07. The third-order valence-corrected chi connectivity index (χ3v) is 4.08. The fourth-order valence-electron chi connectivity index (χ4n) is 2.70. The van der Waals surface area contributed by atoms with E-state index >= 15 is 0 Å². The quantitative estimate of drug-likeness (QED) is 0.794. The molecule has 1 aromatic carbocycles. The Bertz CT molecular complexity index is 881. The van der Waals surface area contributed by atoms with E-state index in [1.807, 2.05) is 30.5 Å². The van der Waals surface area contributed by atoms with Gasteiger partial charge in [-0.3, -0.25) is 9.36 Å². The lowest BCUT2D eigenvalue weighted by atomic mass is 10.2. The van der Waals surface area contributed by atoms with Crippen LogP contribution in [0.3, 0.4) is 0 Å². The summed E-state index contributed by atoms with van der Waals surface area (Å²) in [5.41, 5.74) is 6.57. The minimum Gasteiger partial charge on any atom is -0.457 e. The molecule has 0 spiro atoms. The van der Waals surface area contributed by atoms with E-state index < -0.39 is 0 Å². The lowest BCUT2D eigenvalue weighted by Crippen LogP contribution is -2.09. The molecule has 0 radical (unpaired) electrons. The maximum absolute atomic E-state index is 12.3. The van der Waals surface area contributed by atoms with Gasteiger partial charge in [-0.15, -0.1) is 0 Å². The summed E-state index contributed by atoms with van der Waals surface area (Å²) in [5, 5.41) is 0.980. The van der Waals surface area contributed by atoms with E-state index in [4.69, 9.17) is 10.5 Å². The van der Waals surface area contributed by atoms with Gasteiger partial charge in [-0.2, -0.15) is 0 Å². The average Bonchev–Trinajstić information content (AvgIpc) is 3.24. The van der Waals surface area contributed by atoms with Crippen LogP contribution in [0.2, 0.25) is 0 Å². The molecule has 1 fully saturated rings. The number of carbonyl (C=O) groups excluding carboxylic acids is 1. The van der Waals surface area contributed by atoms with Gasteiger partial charge in [0.1, 0.15) is 17.3 Å². The van der Waals surface area contributed by atoms with E-state index in [-0.39, 0.29) is 5.91 Å². The highest BCUT2D eigenvalue weighted by atomic mass is 16.5. The highest BCUT2D eigenvalue weighted by Crippen LogP contribution is 2.33. The van der Waals surface area contributed by atoms with Crippen molar-refractivity contribution in [1.82, 2.24) is 9.55 Å². The Kier molecular flexibility index (Phi) is 3.26. The first-order valence-corrected chi connectivity index (χ1v) is 7.73. The van der Waals surface area contributed by atoms with Crippen LogP contribution < -0.4 is 10.5 Å². The highest BCUT2D eigenvalue weighted by Gasteiger charge is 2.25. The van der Waals surface area contributed by atoms with Crippen LogP contribution in [0, 0.1) is 5.92 Å². The molecule has 0 bridgehead atoms. The van der Waals surface area contributed by atoms with Crippen molar-refractivity contribution in [3.05, 3.63) is 48.8 Å². The standard InChI is InChI=1S/C18H17N3O2/c19-17-11-15(5-7-20-17)23-14-3-4-16-13(10-14)6-8-21(16)18(22)9-12-1-2-12/h3-8,10-12H,1-2,9H2,(H2,19,20). The predicted octanol–water partition coefficient (Wildman–Crippen LogP) is 3.85. The minimum absolute atomic E-state index is 0.165. The molecule has 5 nitrogen and oxygen atoms in total. The molecule has 1 saturated carbocycles. The molecule has 2 heterocycles. The molecule has 0 saturated heterocycles. The summed E-state index contributed by atoms with van der Waals surface area (Å²) in [6, 6.07) is 11.1. The maximum atomic E-state index is 12.3. The van der Waals surface area contributed by atoms with Gasteiger partial charge in [0, 0.05) is 30.3 Å². The molecule has 0 amide bonds. The first-order chi connectivity index (χ1) is 11.2. The zero-order valence-corrected chi connectivity index (χ0v) is 12.6. The van der Waals surface area contributed by atoms with Gasteiger partial charge in [0.2, 0.25) is 5.91 Å². The molecule has 3 aromatic rings. The van der Waals surface area contributed by atoms with E-state index in [9.17, 15) is 4.79 Å². The summed E-state index contributed by atoms with van der Waals surface area (Å²) in [6.45, 7) is 0. The maximum Gasteiger partial charge on any atom is 0.231 e. The van der Waals surface area contributed by atoms with E-state index in [0.717, 1.165) is 10.9 Å². The third kappa shape index (κ3) is 2.90. The van der Waals surface area contributed by atoms with Crippen LogP contribution in [-0.2, 0) is 0 Å². The van der Waals surface area contributed by atoms with E-state index in [0.29, 0.717) is 29.7 Å². The zero-order valence-electron chi connectivity index (χ0n) is 12.6. The van der Waals surface area contributed by atoms with Crippen molar-refractivity contribution >= 4 is 22.6 Å². The summed E-state index contributed by atoms with van der Waals surface area (Å²) >= 11 is 0. The number of ether oxygens (including phenoxy) is 1. The molecule has 1 aliphatic rings. The average molecular weight is 307 g/mol. The van der Waals surface area contributed by atoms with Crippen LogP contribution in [0.4, 0.5) is 5.82 Å². The molecule has 23 heavy (non-hydrogen) atoms. The van der Waals surface area contributed by atoms with Gasteiger partial charge in [-0.05, 0) is 49.1 Å². The number of aromatic nitrogens is 2. The van der Waals surface area contributed by atoms with Crippen molar-refractivity contribution < 1.29 is 9.53 Å². The smallest absolute Gasteiger partial charge is 0.231 e. The van der Waals surface area contributed by atoms with Crippen molar-refractivity contribution in [2.45, 2.75) is 19.3 Å². The van der Waals surface area contributed by atoms with Crippen LogP contribution in [0.15, 0.2) is 48.8 Å². The van der Waals surface area contributed by atoms with Crippen molar-refractivity contribution in [3.8, 4) is 11.5 Å². The second kappa shape index (κ2) is 5.43. The zero-order chi connectivity index (χ0) is 15.8. The molecule has 0 unspecified atom stereocenters. The van der Waals surface area contributed by atoms with Crippen LogP contribution in [0.25, 0.3) is 10.9 Å². The second-order valence-corrected chi connectivity index (χ2v) is 5.97. The number of benzene rings is 1. The fraction of sp³-hybridized carbons (Fsp3) is 0.222. The van der Waals surface area contributed by atoms with Gasteiger partial charge >= 0.3 is 0 Å². The SMILES string of the molecule is Nc1cc(Oc2ccc3c(ccn3C(=O)CC3CC3)c2)ccn1. The molecule has 1 aliphatic carbocycles. The first kappa shape index (κ1) is 13.8. The summed E-state index contributed by atoms with van der Waals surface area (Å²) in [5.74, 6) is 2.51. The van der Waals surface area contributed by atoms with Gasteiger partial charge in [0.25, 0.3) is 0 Å². The van der Waals surface area contributed by atoms with Gasteiger partial charge in [-0.25, -0.2) is 4.98 Å². The number of nitrogens with two attached hydrogens (primary N) is 1. The van der Waals surface area contributed by atoms with Crippen LogP contribution in [-0.4, -0.2) is 15.5 Å². The predicted molar refractivity (Wildman–Crippen MR) is 88.6 cm³/mol. The monoisotopic (exact) mass is 307 g/mol. The Morgan fingerprint density at radius 3 is 2.83 bits per heavy atom. The second-order valence-electron chi connectivity index (χ2n) is 5.97. The number of nitrogen functional groups attached to an aromatic ring is 1. The summed E-state index contributed by atoms with van der Waals surface area (Å²) in [4.78, 5) is 16.2. The van der Waals surface area contributed by atoms with E-state index in [2.05, 4.69) is 4.98 Å². The Hall–Kier alpha value is -2.82. The van der Waals surface area contributed by atoms with E-state index in [1.165, 1.54) is 12.8 Å². The lowest BCUT2D eigenvalue weighted by molar-refractivity contribution is 0.0901. The molecular weight excluding hydrogens is 290 g/mol. The summed E-state index contributed by atoms with van der Waals surface area (Å²) < 4.78 is 7.54. The Balaban J connectivity index is 1.60. The number of nitrogens with zero attached hydrogens (tertiary/aromatic N) is 2. The molecule has 5 heteroatoms. The number of fused-ring (bicyclic) bond motifs is 1. The topological polar surface area (TPSA) is 70.1 Å². The van der Waals surface area contributed by atoms with Gasteiger partial charge in [0.05, 0.1) is 5.52 Å². The molecular formula is C18H17N3O2. The van der Waals surface area contributed by atoms with Crippen LogP contribution in [0.1, 0.15) is 24.1 Å². The highest BCUT2D eigenvalue weighted by molar-refractivity contribution is 5.93. The number of hydrogen-bond acceptors (Lipinski definition) is 4. The van der Waals surface area contributed by atoms with Gasteiger partial charge < -0.3 is 10.5 Å². The Labute approximate surface area is 133 Å². The molecule has 2 aromatic heterocycles. The largest absolute Gasteiger partial charge is 0.457 e. The molecule has 0 aliphatic heterocycles. The van der Waals surface area contributed by atoms with Crippen LogP contribution in [0.5, 0.6) is 11.5 Å². The van der Waals surface area contributed by atoms with Crippen LogP contribution >= 0.6 is 0 Å². The number of hydrogen-bond donors (Lipinski definition) is 1. The molecule has 4 rings (SSSR count). The van der Waals surface area contributed by atoms with Gasteiger partial charge in [0.15, 0.2) is 0 Å². The molecule has 116 valence electrons. The Morgan fingerprint density at radius 1 is 1.22 bits per heavy atom. The summed E-state index contributed by atoms with van der Waals surface area (Å²) in [6.07, 6.45) is 6.44. The van der Waals surface area contributed by atoms with Crippen molar-refractivity contribution in [3.63, 3.8) is 0 Å². The van der Waals surface area contributed by atoms with E-state index in [1.54, 1.807) is 22.9 Å². The first-order valence-electron chi connectivity index (χ1n) is 7.73. The molecule has 0 atom stereocenters. The third-order valence-electron chi connectivity index (χ3n) is 4.08. The number of pyridine rings is 1. The van der Waals surface area contributed by atoms with Crippen molar-refractivity contribution in [2.24, 2.45) is 5.92 Å². The number of carbonyl (C=O) groups is 1. The Morgan fingerprint density at radius 2 is 2.04 bits per heavy atom. The van der Waals surface area contributed by atoms with Gasteiger partial charge in [-0.1, -0.05) is 0 Å². The fourth-order valence-corrected chi connectivity index (χ4v) is 2.70. The summed E-state index contributed by atoms with van der Waals surface area (Å²) in [7, 11) is 0. The van der Waals surface area contributed by atoms with Crippen molar-refractivity contribution in [2.75, 3.05) is 5.73 Å². The normalized spacial score (nSPS) is 14.1. The molecule has 2 N–H and O–H groups in total. The van der Waals surface area contributed by atoms with Crippen molar-refractivity contribution in [1.29, 1.82) is 0 Å². The number of rotatable bonds is 4. The minimum atomic E-state index is 0.165.